The SMILES string of the molecule is CC12CCCCC1(C)N(c1ccccc1)c1ccc(-c3cccc4c(-c5ccc6c7c(-c8ccccc8)c8c9ccc(-c%10cccc%11c(-c%12ccc%13c(c%12)C%12(C)CCCCC%12(C)N%13c%12ccccc%12)cccc%10%11)c%10c(-c%11cccc%12c(-c%13ccc%14c(c%13)C%13(C)CCCCC%13(C)N%14c%13ccccc%13)cccc%11%12)ccc(c8c(-c8ccccc8)c7c7cccc5c76)c%109)cccc34)cc12. The maximum absolute atomic E-state index is 2.71. The second-order valence-corrected chi connectivity index (χ2v) is 40.7. The van der Waals surface area contributed by atoms with Crippen LogP contribution < -0.4 is 14.7 Å². The first-order valence-electron chi connectivity index (χ1n) is 48.3. The van der Waals surface area contributed by atoms with Crippen molar-refractivity contribution in [2.45, 2.75) is 151 Å². The van der Waals surface area contributed by atoms with Crippen molar-refractivity contribution in [3.8, 4) is 89.0 Å². The van der Waals surface area contributed by atoms with Crippen LogP contribution in [-0.4, -0.2) is 16.6 Å². The Morgan fingerprint density at radius 3 is 0.786 bits per heavy atom. The summed E-state index contributed by atoms with van der Waals surface area (Å²) in [4.78, 5) is 8.12. The third kappa shape index (κ3) is 10.4. The number of anilines is 6. The minimum atomic E-state index is -0.0620. The fraction of sp³-hybridized carbons (Fsp3) is 0.188. The van der Waals surface area contributed by atoms with E-state index in [2.05, 4.69) is 426 Å². The van der Waals surface area contributed by atoms with Gasteiger partial charge in [0, 0.05) is 50.4 Å². The molecule has 27 rings (SSSR count). The number of benzene rings is 19. The first kappa shape index (κ1) is 76.9. The summed E-state index contributed by atoms with van der Waals surface area (Å²) >= 11 is 0. The van der Waals surface area contributed by atoms with Crippen molar-refractivity contribution in [1.29, 1.82) is 0 Å². The Kier molecular flexibility index (Phi) is 16.5. The van der Waals surface area contributed by atoms with Crippen molar-refractivity contribution in [3.05, 3.63) is 387 Å². The van der Waals surface area contributed by atoms with Crippen molar-refractivity contribution in [3.63, 3.8) is 0 Å². The van der Waals surface area contributed by atoms with E-state index < -0.39 is 0 Å². The van der Waals surface area contributed by atoms with E-state index in [-0.39, 0.29) is 32.9 Å². The van der Waals surface area contributed by atoms with Gasteiger partial charge in [-0.05, 0) is 335 Å². The molecule has 6 atom stereocenters. The van der Waals surface area contributed by atoms with E-state index >= 15 is 0 Å². The molecule has 0 aromatic heterocycles. The number of hydrogen-bond acceptors (Lipinski definition) is 3. The highest BCUT2D eigenvalue weighted by atomic mass is 15.3. The van der Waals surface area contributed by atoms with Gasteiger partial charge >= 0.3 is 0 Å². The van der Waals surface area contributed by atoms with E-state index in [1.165, 1.54) is 282 Å². The number of para-hydroxylation sites is 3. The van der Waals surface area contributed by atoms with E-state index in [9.17, 15) is 0 Å². The summed E-state index contributed by atoms with van der Waals surface area (Å²) in [6.07, 6.45) is 14.4. The molecule has 0 N–H and O–H groups in total. The zero-order chi connectivity index (χ0) is 87.2. The predicted molar refractivity (Wildman–Crippen MR) is 558 cm³/mol. The molecule has 6 unspecified atom stereocenters. The summed E-state index contributed by atoms with van der Waals surface area (Å²) in [5.74, 6) is 0. The molecule has 3 heteroatoms. The number of rotatable bonds is 11. The molecule has 0 saturated heterocycles. The first-order chi connectivity index (χ1) is 64.2. The van der Waals surface area contributed by atoms with Gasteiger partial charge in [0.25, 0.3) is 0 Å². The largest absolute Gasteiger partial charge is 0.334 e. The molecule has 0 bridgehead atoms. The summed E-state index contributed by atoms with van der Waals surface area (Å²) in [7, 11) is 0. The topological polar surface area (TPSA) is 9.72 Å². The molecule has 3 fully saturated rings. The van der Waals surface area contributed by atoms with E-state index in [1.807, 2.05) is 0 Å². The van der Waals surface area contributed by atoms with E-state index in [0.29, 0.717) is 0 Å². The van der Waals surface area contributed by atoms with Gasteiger partial charge in [-0.25, -0.2) is 0 Å². The molecule has 630 valence electrons. The van der Waals surface area contributed by atoms with Gasteiger partial charge in [0.15, 0.2) is 0 Å². The molecule has 3 nitrogen and oxygen atoms in total. The van der Waals surface area contributed by atoms with Crippen LogP contribution in [0.1, 0.15) is 135 Å². The van der Waals surface area contributed by atoms with Crippen LogP contribution in [0.2, 0.25) is 0 Å². The Balaban J connectivity index is 0.690. The number of fused-ring (bicyclic) bond motifs is 18. The maximum Gasteiger partial charge on any atom is 0.0517 e. The molecule has 21 aromatic carbocycles. The highest BCUT2D eigenvalue weighted by Gasteiger charge is 2.61. The molecular formula is C128H103N3. The van der Waals surface area contributed by atoms with Crippen LogP contribution in [0.5, 0.6) is 0 Å². The van der Waals surface area contributed by atoms with Crippen molar-refractivity contribution < 1.29 is 0 Å². The molecule has 21 aromatic rings. The van der Waals surface area contributed by atoms with E-state index in [0.717, 1.165) is 32.1 Å². The van der Waals surface area contributed by atoms with Crippen molar-refractivity contribution >= 4 is 131 Å². The lowest BCUT2D eigenvalue weighted by Gasteiger charge is -2.50. The third-order valence-electron chi connectivity index (χ3n) is 34.8. The molecule has 3 aliphatic heterocycles. The fourth-order valence-corrected chi connectivity index (χ4v) is 28.1. The minimum absolute atomic E-state index is 0.00738. The Bertz CT molecular complexity index is 8000. The van der Waals surface area contributed by atoms with Crippen molar-refractivity contribution in [1.82, 2.24) is 0 Å². The number of hydrogen-bond donors (Lipinski definition) is 0. The molecule has 0 amide bonds. The van der Waals surface area contributed by atoms with Gasteiger partial charge in [-0.3, -0.25) is 0 Å². The molecule has 0 radical (unpaired) electrons. The quantitative estimate of drug-likeness (QED) is 0.128. The van der Waals surface area contributed by atoms with Crippen LogP contribution in [0.3, 0.4) is 0 Å². The second kappa shape index (κ2) is 28.2. The first-order valence-corrected chi connectivity index (χ1v) is 48.3. The Labute approximate surface area is 767 Å². The monoisotopic (exact) mass is 1680 g/mol. The van der Waals surface area contributed by atoms with Crippen LogP contribution >= 0.6 is 0 Å². The third-order valence-corrected chi connectivity index (χ3v) is 34.8. The molecule has 3 saturated carbocycles. The van der Waals surface area contributed by atoms with Gasteiger partial charge < -0.3 is 14.7 Å². The van der Waals surface area contributed by atoms with Crippen molar-refractivity contribution in [2.75, 3.05) is 14.7 Å². The Morgan fingerprint density at radius 1 is 0.176 bits per heavy atom. The normalized spacial score (nSPS) is 21.6. The van der Waals surface area contributed by atoms with Crippen LogP contribution in [-0.2, 0) is 16.2 Å². The fourth-order valence-electron chi connectivity index (χ4n) is 28.1. The Hall–Kier alpha value is -14.1. The molecular weight excluding hydrogens is 1580 g/mol. The molecule has 131 heavy (non-hydrogen) atoms. The lowest BCUT2D eigenvalue weighted by molar-refractivity contribution is 0.195. The van der Waals surface area contributed by atoms with Gasteiger partial charge in [-0.2, -0.15) is 0 Å². The Morgan fingerprint density at radius 2 is 0.435 bits per heavy atom. The molecule has 3 aliphatic carbocycles. The van der Waals surface area contributed by atoms with Gasteiger partial charge in [0.1, 0.15) is 0 Å². The number of nitrogens with zero attached hydrogens (tertiary/aromatic N) is 3. The average molecular weight is 1680 g/mol. The van der Waals surface area contributed by atoms with Crippen LogP contribution in [0.15, 0.2) is 370 Å². The highest BCUT2D eigenvalue weighted by Crippen LogP contribution is 2.67. The summed E-state index contributed by atoms with van der Waals surface area (Å²) in [5.41, 5.74) is 32.1. The zero-order valence-corrected chi connectivity index (χ0v) is 75.5. The van der Waals surface area contributed by atoms with Crippen LogP contribution in [0.4, 0.5) is 34.1 Å². The van der Waals surface area contributed by atoms with E-state index in [1.54, 1.807) is 0 Å². The average Bonchev–Trinajstić information content (AvgIpc) is 1.48. The van der Waals surface area contributed by atoms with E-state index in [4.69, 9.17) is 0 Å². The molecule has 6 aliphatic rings. The predicted octanol–water partition coefficient (Wildman–Crippen LogP) is 35.5. The van der Waals surface area contributed by atoms with Gasteiger partial charge in [0.05, 0.1) is 16.6 Å². The summed E-state index contributed by atoms with van der Waals surface area (Å²) in [5, 5.41) is 23.0. The second-order valence-electron chi connectivity index (χ2n) is 40.7. The summed E-state index contributed by atoms with van der Waals surface area (Å²) in [6, 6.07) is 144. The smallest absolute Gasteiger partial charge is 0.0517 e. The van der Waals surface area contributed by atoms with Crippen molar-refractivity contribution in [2.24, 2.45) is 0 Å². The lowest BCUT2D eigenvalue weighted by Crippen LogP contribution is -2.54. The van der Waals surface area contributed by atoms with Gasteiger partial charge in [0.2, 0.25) is 0 Å². The molecule has 0 spiro atoms. The summed E-state index contributed by atoms with van der Waals surface area (Å²) in [6.45, 7) is 15.4. The molecule has 3 heterocycles. The lowest BCUT2D eigenvalue weighted by atomic mass is 9.61. The maximum atomic E-state index is 2.71. The van der Waals surface area contributed by atoms with Crippen LogP contribution in [0.25, 0.3) is 186 Å². The highest BCUT2D eigenvalue weighted by molar-refractivity contribution is 6.48. The standard InChI is InChI=1S/C128H103N3/c1-123-71-22-25-74-126(123,4)129(85-39-16-9-17-40-85)111-68-59-82(77-108(111)123)88-45-28-51-94-91(88)48-31-54-97(94)100-62-65-105-116-101(100)57-34-58-104(116)119-114(80-35-12-7-13-36-80)121-106-66-63-102(98-55-32-49-92-89(46-29-52-95(92)98)83-60-69-112-109(78-83)124(2)72-23-26-75-127(124,5)130(112)86-41-18-10-19-42-86)117-103(64-67-107(118(106)117)122(121)115(120(105)119)81-37-14-8-15-38-81)99-56-33-50-93-90(47-30-53-96(93)99)84-61-70-113-110(79-84)125(3)73-24-27-76-128(125,6)131(113)87-43-20-11-21-44-87/h7-21,28-70,77-79H,22-27,71-76H2,1-6H3. The zero-order valence-electron chi connectivity index (χ0n) is 75.5. The minimum Gasteiger partial charge on any atom is -0.334 e. The summed E-state index contributed by atoms with van der Waals surface area (Å²) < 4.78 is 0. The van der Waals surface area contributed by atoms with Crippen LogP contribution in [0, 0.1) is 0 Å². The van der Waals surface area contributed by atoms with Gasteiger partial charge in [-0.1, -0.05) is 357 Å². The van der Waals surface area contributed by atoms with Gasteiger partial charge in [-0.15, -0.1) is 0 Å².